The lowest BCUT2D eigenvalue weighted by molar-refractivity contribution is 1.05. The van der Waals surface area contributed by atoms with Gasteiger partial charge in [0.25, 0.3) is 0 Å². The standard InChI is InChI=1S/C13H13N3S/c14-12(15)11-10(8-6-7-8)16-13(17-11)9-4-2-1-3-5-9/h1-5,8H,6-7H2,(H3,14,15). The summed E-state index contributed by atoms with van der Waals surface area (Å²) in [5, 5.41) is 8.59. The van der Waals surface area contributed by atoms with E-state index in [2.05, 4.69) is 4.98 Å². The zero-order valence-corrected chi connectivity index (χ0v) is 10.1. The fraction of sp³-hybridized carbons (Fsp3) is 0.231. The molecule has 0 radical (unpaired) electrons. The van der Waals surface area contributed by atoms with Crippen molar-refractivity contribution in [2.24, 2.45) is 5.73 Å². The number of amidine groups is 1. The van der Waals surface area contributed by atoms with Crippen LogP contribution < -0.4 is 5.73 Å². The summed E-state index contributed by atoms with van der Waals surface area (Å²) in [6.45, 7) is 0. The Kier molecular flexibility index (Phi) is 2.44. The summed E-state index contributed by atoms with van der Waals surface area (Å²) in [6.07, 6.45) is 2.36. The molecule has 1 heterocycles. The van der Waals surface area contributed by atoms with Crippen LogP contribution in [0, 0.1) is 5.41 Å². The molecule has 0 unspecified atom stereocenters. The van der Waals surface area contributed by atoms with Crippen LogP contribution in [0.3, 0.4) is 0 Å². The van der Waals surface area contributed by atoms with Crippen molar-refractivity contribution in [1.29, 1.82) is 5.41 Å². The van der Waals surface area contributed by atoms with E-state index < -0.39 is 0 Å². The normalized spacial score (nSPS) is 14.8. The van der Waals surface area contributed by atoms with Crippen molar-refractivity contribution in [1.82, 2.24) is 4.98 Å². The lowest BCUT2D eigenvalue weighted by Gasteiger charge is -1.95. The van der Waals surface area contributed by atoms with Gasteiger partial charge < -0.3 is 5.73 Å². The smallest absolute Gasteiger partial charge is 0.135 e. The fourth-order valence-corrected chi connectivity index (χ4v) is 2.88. The van der Waals surface area contributed by atoms with Crippen molar-refractivity contribution in [3.63, 3.8) is 0 Å². The number of aromatic nitrogens is 1. The molecule has 3 nitrogen and oxygen atoms in total. The molecule has 1 aliphatic rings. The third-order valence-corrected chi connectivity index (χ3v) is 4.04. The molecule has 1 saturated carbocycles. The fourth-order valence-electron chi connectivity index (χ4n) is 1.86. The number of rotatable bonds is 3. The van der Waals surface area contributed by atoms with Crippen LogP contribution in [0.2, 0.25) is 0 Å². The molecule has 4 heteroatoms. The highest BCUT2D eigenvalue weighted by Gasteiger charge is 2.30. The Morgan fingerprint density at radius 1 is 1.29 bits per heavy atom. The van der Waals surface area contributed by atoms with Crippen LogP contribution in [0.25, 0.3) is 10.6 Å². The Morgan fingerprint density at radius 3 is 2.59 bits per heavy atom. The van der Waals surface area contributed by atoms with E-state index in [1.165, 1.54) is 24.2 Å². The maximum atomic E-state index is 7.62. The van der Waals surface area contributed by atoms with Crippen LogP contribution >= 0.6 is 11.3 Å². The molecule has 86 valence electrons. The zero-order valence-electron chi connectivity index (χ0n) is 9.31. The summed E-state index contributed by atoms with van der Waals surface area (Å²) in [4.78, 5) is 5.51. The summed E-state index contributed by atoms with van der Waals surface area (Å²) in [5.74, 6) is 0.675. The van der Waals surface area contributed by atoms with E-state index >= 15 is 0 Å². The van der Waals surface area contributed by atoms with Crippen molar-refractivity contribution in [3.8, 4) is 10.6 Å². The second-order valence-electron chi connectivity index (χ2n) is 4.29. The number of nitrogen functional groups attached to an aromatic ring is 1. The molecule has 0 aliphatic heterocycles. The lowest BCUT2D eigenvalue weighted by Crippen LogP contribution is -2.11. The first-order chi connectivity index (χ1) is 8.25. The van der Waals surface area contributed by atoms with E-state index in [1.54, 1.807) is 0 Å². The Labute approximate surface area is 104 Å². The van der Waals surface area contributed by atoms with E-state index in [1.807, 2.05) is 30.3 Å². The molecule has 2 aromatic rings. The minimum atomic E-state index is 0.145. The van der Waals surface area contributed by atoms with E-state index in [4.69, 9.17) is 11.1 Å². The highest BCUT2D eigenvalue weighted by molar-refractivity contribution is 7.17. The summed E-state index contributed by atoms with van der Waals surface area (Å²) in [5.41, 5.74) is 7.76. The molecule has 3 N–H and O–H groups in total. The molecule has 0 saturated heterocycles. The average Bonchev–Trinajstić information content (AvgIpc) is 3.09. The Hall–Kier alpha value is -1.68. The third-order valence-electron chi connectivity index (χ3n) is 2.88. The molecule has 0 atom stereocenters. The van der Waals surface area contributed by atoms with Gasteiger partial charge in [-0.1, -0.05) is 30.3 Å². The van der Waals surface area contributed by atoms with Gasteiger partial charge in [-0.15, -0.1) is 11.3 Å². The molecule has 1 aliphatic carbocycles. The van der Waals surface area contributed by atoms with Crippen LogP contribution in [0.4, 0.5) is 0 Å². The molecule has 3 rings (SSSR count). The summed E-state index contributed by atoms with van der Waals surface area (Å²) >= 11 is 1.53. The van der Waals surface area contributed by atoms with Gasteiger partial charge >= 0.3 is 0 Å². The van der Waals surface area contributed by atoms with Crippen molar-refractivity contribution < 1.29 is 0 Å². The number of benzene rings is 1. The maximum Gasteiger partial charge on any atom is 0.135 e. The SMILES string of the molecule is N=C(N)c1sc(-c2ccccc2)nc1C1CC1. The topological polar surface area (TPSA) is 62.8 Å². The monoisotopic (exact) mass is 243 g/mol. The largest absolute Gasteiger partial charge is 0.383 e. The third kappa shape index (κ3) is 1.96. The first-order valence-electron chi connectivity index (χ1n) is 5.66. The van der Waals surface area contributed by atoms with Crippen molar-refractivity contribution >= 4 is 17.2 Å². The number of nitrogens with one attached hydrogen (secondary N) is 1. The van der Waals surface area contributed by atoms with Gasteiger partial charge in [-0.25, -0.2) is 4.98 Å². The molecule has 0 bridgehead atoms. The van der Waals surface area contributed by atoms with Crippen LogP contribution in [-0.2, 0) is 0 Å². The Balaban J connectivity index is 2.07. The number of nitrogens with zero attached hydrogens (tertiary/aromatic N) is 1. The molecule has 1 aromatic heterocycles. The quantitative estimate of drug-likeness (QED) is 0.643. The highest BCUT2D eigenvalue weighted by atomic mass is 32.1. The predicted octanol–water partition coefficient (Wildman–Crippen LogP) is 2.97. The van der Waals surface area contributed by atoms with Gasteiger partial charge in [-0.2, -0.15) is 0 Å². The highest BCUT2D eigenvalue weighted by Crippen LogP contribution is 2.43. The Morgan fingerprint density at radius 2 is 2.00 bits per heavy atom. The zero-order chi connectivity index (χ0) is 11.8. The van der Waals surface area contributed by atoms with E-state index in [0.29, 0.717) is 5.92 Å². The molecule has 0 amide bonds. The maximum absolute atomic E-state index is 7.62. The number of thiazole rings is 1. The molecular weight excluding hydrogens is 230 g/mol. The summed E-state index contributed by atoms with van der Waals surface area (Å²) < 4.78 is 0. The van der Waals surface area contributed by atoms with E-state index in [9.17, 15) is 0 Å². The van der Waals surface area contributed by atoms with Gasteiger partial charge in [-0.05, 0) is 12.8 Å². The van der Waals surface area contributed by atoms with Crippen LogP contribution in [-0.4, -0.2) is 10.8 Å². The van der Waals surface area contributed by atoms with E-state index in [0.717, 1.165) is 21.1 Å². The second-order valence-corrected chi connectivity index (χ2v) is 5.29. The van der Waals surface area contributed by atoms with Crippen molar-refractivity contribution in [2.45, 2.75) is 18.8 Å². The minimum Gasteiger partial charge on any atom is -0.383 e. The van der Waals surface area contributed by atoms with Crippen LogP contribution in [0.5, 0.6) is 0 Å². The van der Waals surface area contributed by atoms with Crippen LogP contribution in [0.15, 0.2) is 30.3 Å². The lowest BCUT2D eigenvalue weighted by atomic mass is 10.2. The first kappa shape index (κ1) is 10.5. The van der Waals surface area contributed by atoms with Gasteiger partial charge in [0.05, 0.1) is 10.6 Å². The van der Waals surface area contributed by atoms with Crippen molar-refractivity contribution in [2.75, 3.05) is 0 Å². The number of nitrogens with two attached hydrogens (primary N) is 1. The first-order valence-corrected chi connectivity index (χ1v) is 6.48. The molecule has 1 fully saturated rings. The number of hydrogen-bond donors (Lipinski definition) is 2. The van der Waals surface area contributed by atoms with Gasteiger partial charge in [0.15, 0.2) is 0 Å². The van der Waals surface area contributed by atoms with E-state index in [-0.39, 0.29) is 5.84 Å². The minimum absolute atomic E-state index is 0.145. The van der Waals surface area contributed by atoms with Crippen molar-refractivity contribution in [3.05, 3.63) is 40.9 Å². The summed E-state index contributed by atoms with van der Waals surface area (Å²) in [7, 11) is 0. The van der Waals surface area contributed by atoms with Crippen LogP contribution in [0.1, 0.15) is 29.3 Å². The molecule has 0 spiro atoms. The predicted molar refractivity (Wildman–Crippen MR) is 70.5 cm³/mol. The molecule has 17 heavy (non-hydrogen) atoms. The van der Waals surface area contributed by atoms with Gasteiger partial charge in [0.1, 0.15) is 10.8 Å². The molecule has 1 aromatic carbocycles. The van der Waals surface area contributed by atoms with Gasteiger partial charge in [0, 0.05) is 11.5 Å². The van der Waals surface area contributed by atoms with Gasteiger partial charge in [-0.3, -0.25) is 5.41 Å². The number of hydrogen-bond acceptors (Lipinski definition) is 3. The van der Waals surface area contributed by atoms with Gasteiger partial charge in [0.2, 0.25) is 0 Å². The second kappa shape index (κ2) is 3.96. The average molecular weight is 243 g/mol. The Bertz CT molecular complexity index is 555. The molecular formula is C13H13N3S. The summed E-state index contributed by atoms with van der Waals surface area (Å²) in [6, 6.07) is 10.1.